The van der Waals surface area contributed by atoms with Crippen LogP contribution in [0.25, 0.3) is 0 Å². The number of aliphatic hydroxyl groups is 6. The summed E-state index contributed by atoms with van der Waals surface area (Å²) in [7, 11) is 0. The second-order valence-electron chi connectivity index (χ2n) is 11.2. The zero-order valence-electron chi connectivity index (χ0n) is 22.5. The molecule has 40 heavy (non-hydrogen) atoms. The molecule has 4 fully saturated rings. The van der Waals surface area contributed by atoms with Crippen LogP contribution in [0.15, 0.2) is 0 Å². The van der Waals surface area contributed by atoms with Crippen molar-refractivity contribution in [1.29, 1.82) is 0 Å². The van der Waals surface area contributed by atoms with Crippen LogP contribution in [0.5, 0.6) is 0 Å². The fraction of sp³-hybridized carbons (Fsp3) is 1.00. The predicted molar refractivity (Wildman–Crippen MR) is 135 cm³/mol. The van der Waals surface area contributed by atoms with Gasteiger partial charge in [-0.1, -0.05) is 6.92 Å². The Balaban J connectivity index is 1.48. The molecule has 4 rings (SSSR count). The van der Waals surface area contributed by atoms with Crippen LogP contribution in [-0.2, 0) is 28.4 Å². The molecule has 17 unspecified atom stereocenters. The van der Waals surface area contributed by atoms with Crippen LogP contribution in [-0.4, -0.2) is 148 Å². The number of rotatable bonds is 9. The molecule has 0 spiro atoms. The minimum Gasteiger partial charge on any atom is -0.394 e. The lowest BCUT2D eigenvalue weighted by molar-refractivity contribution is -0.307. The molecule has 0 amide bonds. The van der Waals surface area contributed by atoms with E-state index in [1.54, 1.807) is 0 Å². The zero-order chi connectivity index (χ0) is 29.3. The number of ether oxygens (including phenoxy) is 6. The molecule has 3 heterocycles. The largest absolute Gasteiger partial charge is 0.394 e. The first-order valence-electron chi connectivity index (χ1n) is 13.9. The molecular formula is C24H46N4O12. The Hall–Kier alpha value is -0.640. The van der Waals surface area contributed by atoms with Gasteiger partial charge in [-0.15, -0.1) is 0 Å². The number of nitrogens with two attached hydrogens (primary N) is 4. The Morgan fingerprint density at radius 3 is 2.00 bits per heavy atom. The van der Waals surface area contributed by atoms with Crippen LogP contribution in [0.4, 0.5) is 0 Å². The van der Waals surface area contributed by atoms with E-state index in [4.69, 9.17) is 51.4 Å². The number of aliphatic hydroxyl groups excluding tert-OH is 6. The summed E-state index contributed by atoms with van der Waals surface area (Å²) in [5.74, 6) is -0.244. The number of hydrogen-bond donors (Lipinski definition) is 10. The smallest absolute Gasteiger partial charge is 0.187 e. The molecule has 16 nitrogen and oxygen atoms in total. The molecule has 14 N–H and O–H groups in total. The molecule has 0 radical (unpaired) electrons. The van der Waals surface area contributed by atoms with Crippen molar-refractivity contribution >= 4 is 0 Å². The Morgan fingerprint density at radius 2 is 1.35 bits per heavy atom. The Labute approximate surface area is 232 Å². The standard InChI is InChI=1S/C24H46N4O12/c1-8-4-10(27)15(31)21(19(8)38-22-11(30)3-2-9(5-25)35-22)40-24-18(34)20(13(7-29)37-24)39-23-14(28)17(33)16(32)12(6-26)36-23/h8-24,29-34H,2-7,25-28H2,1H3. The van der Waals surface area contributed by atoms with Crippen molar-refractivity contribution in [2.45, 2.75) is 124 Å². The topological polar surface area (TPSA) is 281 Å². The van der Waals surface area contributed by atoms with E-state index in [0.717, 1.165) is 0 Å². The minimum atomic E-state index is -1.51. The van der Waals surface area contributed by atoms with E-state index in [2.05, 4.69) is 0 Å². The van der Waals surface area contributed by atoms with E-state index in [1.807, 2.05) is 6.92 Å². The van der Waals surface area contributed by atoms with E-state index >= 15 is 0 Å². The molecule has 3 aliphatic heterocycles. The SMILES string of the molecule is CC1CC(N)C(O)C(OC2OC(CO)C(OC3OC(CN)C(O)C(O)C3N)C2O)C1OC1OC(CN)CCC1O. The van der Waals surface area contributed by atoms with Crippen LogP contribution in [0, 0.1) is 5.92 Å². The summed E-state index contributed by atoms with van der Waals surface area (Å²) in [6, 6.07) is -1.87. The highest BCUT2D eigenvalue weighted by Crippen LogP contribution is 2.36. The van der Waals surface area contributed by atoms with Crippen molar-refractivity contribution in [2.75, 3.05) is 19.7 Å². The molecule has 0 aromatic heterocycles. The van der Waals surface area contributed by atoms with Crippen LogP contribution in [0.2, 0.25) is 0 Å². The second kappa shape index (κ2) is 13.8. The Morgan fingerprint density at radius 1 is 0.700 bits per heavy atom. The molecule has 1 aliphatic carbocycles. The molecule has 0 bridgehead atoms. The van der Waals surface area contributed by atoms with Crippen molar-refractivity contribution in [2.24, 2.45) is 28.9 Å². The molecule has 4 aliphatic rings. The normalized spacial score (nSPS) is 52.1. The van der Waals surface area contributed by atoms with Crippen molar-refractivity contribution in [1.82, 2.24) is 0 Å². The van der Waals surface area contributed by atoms with E-state index < -0.39 is 98.6 Å². The van der Waals surface area contributed by atoms with E-state index in [1.165, 1.54) is 0 Å². The molecule has 17 atom stereocenters. The summed E-state index contributed by atoms with van der Waals surface area (Å²) in [6.45, 7) is 1.39. The van der Waals surface area contributed by atoms with Gasteiger partial charge < -0.3 is 82.0 Å². The Bertz CT molecular complexity index is 803. The zero-order valence-corrected chi connectivity index (χ0v) is 22.5. The van der Waals surface area contributed by atoms with Gasteiger partial charge in [0, 0.05) is 19.1 Å². The molecule has 234 valence electrons. The Kier molecular flexibility index (Phi) is 11.1. The quantitative estimate of drug-likeness (QED) is 0.121. The fourth-order valence-corrected chi connectivity index (χ4v) is 5.84. The average molecular weight is 583 g/mol. The third kappa shape index (κ3) is 6.62. The molecule has 3 saturated heterocycles. The maximum absolute atomic E-state index is 11.1. The van der Waals surface area contributed by atoms with Gasteiger partial charge in [0.05, 0.1) is 31.0 Å². The van der Waals surface area contributed by atoms with Crippen LogP contribution >= 0.6 is 0 Å². The van der Waals surface area contributed by atoms with E-state index in [9.17, 15) is 30.6 Å². The van der Waals surface area contributed by atoms with E-state index in [-0.39, 0.29) is 25.1 Å². The molecule has 0 aromatic rings. The van der Waals surface area contributed by atoms with Gasteiger partial charge in [0.15, 0.2) is 18.9 Å². The summed E-state index contributed by atoms with van der Waals surface area (Å²) in [5, 5.41) is 63.0. The third-order valence-electron chi connectivity index (χ3n) is 8.32. The highest BCUT2D eigenvalue weighted by molar-refractivity contribution is 4.99. The highest BCUT2D eigenvalue weighted by Gasteiger charge is 2.53. The first kappa shape index (κ1) is 32.3. The van der Waals surface area contributed by atoms with Gasteiger partial charge in [0.25, 0.3) is 0 Å². The summed E-state index contributed by atoms with van der Waals surface area (Å²) < 4.78 is 35.2. The van der Waals surface area contributed by atoms with Crippen molar-refractivity contribution in [3.63, 3.8) is 0 Å². The summed E-state index contributed by atoms with van der Waals surface area (Å²) in [5.41, 5.74) is 23.5. The van der Waals surface area contributed by atoms with E-state index in [0.29, 0.717) is 19.3 Å². The minimum absolute atomic E-state index is 0.130. The predicted octanol–water partition coefficient (Wildman–Crippen LogP) is -5.49. The van der Waals surface area contributed by atoms with Crippen LogP contribution in [0.3, 0.4) is 0 Å². The van der Waals surface area contributed by atoms with Gasteiger partial charge >= 0.3 is 0 Å². The van der Waals surface area contributed by atoms with Crippen LogP contribution in [0.1, 0.15) is 26.2 Å². The molecule has 16 heteroatoms. The van der Waals surface area contributed by atoms with Crippen molar-refractivity contribution in [3.05, 3.63) is 0 Å². The van der Waals surface area contributed by atoms with Gasteiger partial charge in [-0.05, 0) is 25.2 Å². The summed E-state index contributed by atoms with van der Waals surface area (Å²) >= 11 is 0. The summed E-state index contributed by atoms with van der Waals surface area (Å²) in [4.78, 5) is 0. The highest BCUT2D eigenvalue weighted by atomic mass is 16.8. The monoisotopic (exact) mass is 582 g/mol. The summed E-state index contributed by atoms with van der Waals surface area (Å²) in [6.07, 6.45) is -14.3. The first-order chi connectivity index (χ1) is 19.0. The fourth-order valence-electron chi connectivity index (χ4n) is 5.84. The second-order valence-corrected chi connectivity index (χ2v) is 11.2. The van der Waals surface area contributed by atoms with Crippen LogP contribution < -0.4 is 22.9 Å². The molecule has 1 saturated carbocycles. The first-order valence-corrected chi connectivity index (χ1v) is 13.9. The lowest BCUT2D eigenvalue weighted by atomic mass is 9.80. The maximum atomic E-state index is 11.1. The van der Waals surface area contributed by atoms with Crippen molar-refractivity contribution in [3.8, 4) is 0 Å². The van der Waals surface area contributed by atoms with Crippen molar-refractivity contribution < 1.29 is 59.1 Å². The van der Waals surface area contributed by atoms with Gasteiger partial charge in [0.2, 0.25) is 0 Å². The lowest BCUT2D eigenvalue weighted by Gasteiger charge is -2.45. The van der Waals surface area contributed by atoms with Gasteiger partial charge in [-0.2, -0.15) is 0 Å². The average Bonchev–Trinajstić information content (AvgIpc) is 3.23. The molecule has 0 aromatic carbocycles. The van der Waals surface area contributed by atoms with Gasteiger partial charge in [-0.3, -0.25) is 0 Å². The number of hydrogen-bond acceptors (Lipinski definition) is 16. The van der Waals surface area contributed by atoms with Gasteiger partial charge in [-0.25, -0.2) is 0 Å². The lowest BCUT2D eigenvalue weighted by Crippen LogP contribution is -2.64. The third-order valence-corrected chi connectivity index (χ3v) is 8.32. The maximum Gasteiger partial charge on any atom is 0.187 e. The molecular weight excluding hydrogens is 536 g/mol. The van der Waals surface area contributed by atoms with Gasteiger partial charge in [0.1, 0.15) is 48.8 Å².